The molecule has 0 aromatic carbocycles. The van der Waals surface area contributed by atoms with Crippen molar-refractivity contribution >= 4 is 17.3 Å². The summed E-state index contributed by atoms with van der Waals surface area (Å²) < 4.78 is 6.17. The zero-order valence-corrected chi connectivity index (χ0v) is 15.7. The molecule has 4 heterocycles. The normalized spacial score (nSPS) is 22.2. The van der Waals surface area contributed by atoms with Crippen molar-refractivity contribution in [2.75, 3.05) is 31.6 Å². The highest BCUT2D eigenvalue weighted by atomic mass is 32.1. The second-order valence-corrected chi connectivity index (χ2v) is 8.14. The van der Waals surface area contributed by atoms with Gasteiger partial charge >= 0.3 is 0 Å². The Hall–Kier alpha value is -1.57. The summed E-state index contributed by atoms with van der Waals surface area (Å²) in [4.78, 5) is 16.8. The molecular formula is C18H25N5OS. The van der Waals surface area contributed by atoms with Gasteiger partial charge in [-0.1, -0.05) is 0 Å². The summed E-state index contributed by atoms with van der Waals surface area (Å²) in [6.07, 6.45) is 5.95. The Kier molecular flexibility index (Phi) is 4.71. The van der Waals surface area contributed by atoms with Crippen molar-refractivity contribution in [1.29, 1.82) is 0 Å². The molecule has 1 unspecified atom stereocenters. The fourth-order valence-corrected chi connectivity index (χ4v) is 4.71. The minimum atomic E-state index is 0.0639. The molecular weight excluding hydrogens is 334 g/mol. The SMILES string of the molecule is Cc1cnc(NCCC2CCOC23CN(Cc2scnc2C)C3)nc1. The molecule has 2 aliphatic rings. The monoisotopic (exact) mass is 359 g/mol. The van der Waals surface area contributed by atoms with Crippen molar-refractivity contribution in [3.63, 3.8) is 0 Å². The Bertz CT molecular complexity index is 711. The Morgan fingerprint density at radius 2 is 2.08 bits per heavy atom. The molecule has 7 heteroatoms. The number of thiazole rings is 1. The number of nitrogens with zero attached hydrogens (tertiary/aromatic N) is 4. The first-order chi connectivity index (χ1) is 12.1. The highest BCUT2D eigenvalue weighted by Gasteiger charge is 2.52. The smallest absolute Gasteiger partial charge is 0.222 e. The Balaban J connectivity index is 1.27. The fourth-order valence-electron chi connectivity index (χ4n) is 3.89. The van der Waals surface area contributed by atoms with Gasteiger partial charge in [-0.05, 0) is 38.2 Å². The van der Waals surface area contributed by atoms with Gasteiger partial charge in [0.15, 0.2) is 0 Å². The molecule has 1 spiro atoms. The third-order valence-corrected chi connectivity index (χ3v) is 6.27. The lowest BCUT2D eigenvalue weighted by Crippen LogP contribution is -2.64. The third-order valence-electron chi connectivity index (χ3n) is 5.35. The molecule has 25 heavy (non-hydrogen) atoms. The number of likely N-dealkylation sites (tertiary alicyclic amines) is 1. The Morgan fingerprint density at radius 1 is 1.28 bits per heavy atom. The molecule has 4 rings (SSSR count). The molecule has 134 valence electrons. The summed E-state index contributed by atoms with van der Waals surface area (Å²) in [5.74, 6) is 1.33. The second kappa shape index (κ2) is 6.97. The molecule has 2 fully saturated rings. The maximum atomic E-state index is 6.17. The van der Waals surface area contributed by atoms with Gasteiger partial charge in [0.25, 0.3) is 0 Å². The first-order valence-corrected chi connectivity index (χ1v) is 9.80. The first-order valence-electron chi connectivity index (χ1n) is 8.92. The van der Waals surface area contributed by atoms with Crippen molar-refractivity contribution in [3.05, 3.63) is 34.0 Å². The van der Waals surface area contributed by atoms with Crippen LogP contribution in [0.25, 0.3) is 0 Å². The van der Waals surface area contributed by atoms with E-state index < -0.39 is 0 Å². The van der Waals surface area contributed by atoms with Gasteiger partial charge in [0.1, 0.15) is 0 Å². The van der Waals surface area contributed by atoms with E-state index in [0.717, 1.165) is 62.8 Å². The molecule has 2 aromatic heterocycles. The Morgan fingerprint density at radius 3 is 2.80 bits per heavy atom. The molecule has 1 atom stereocenters. The number of ether oxygens (including phenoxy) is 1. The molecule has 6 nitrogen and oxygen atoms in total. The van der Waals surface area contributed by atoms with E-state index in [1.807, 2.05) is 24.8 Å². The predicted octanol–water partition coefficient (Wildman–Crippen LogP) is 2.64. The van der Waals surface area contributed by atoms with Crippen LogP contribution < -0.4 is 5.32 Å². The van der Waals surface area contributed by atoms with Crippen LogP contribution >= 0.6 is 11.3 Å². The van der Waals surface area contributed by atoms with E-state index >= 15 is 0 Å². The lowest BCUT2D eigenvalue weighted by atomic mass is 9.79. The summed E-state index contributed by atoms with van der Waals surface area (Å²) in [6.45, 7) is 8.95. The molecule has 0 saturated carbocycles. The lowest BCUT2D eigenvalue weighted by Gasteiger charge is -2.50. The number of rotatable bonds is 6. The minimum Gasteiger partial charge on any atom is -0.372 e. The quantitative estimate of drug-likeness (QED) is 0.855. The Labute approximate surface area is 152 Å². The molecule has 2 aliphatic heterocycles. The van der Waals surface area contributed by atoms with Gasteiger partial charge in [-0.3, -0.25) is 4.90 Å². The van der Waals surface area contributed by atoms with E-state index in [4.69, 9.17) is 4.74 Å². The number of aromatic nitrogens is 3. The average molecular weight is 359 g/mol. The van der Waals surface area contributed by atoms with Gasteiger partial charge in [0.2, 0.25) is 5.95 Å². The van der Waals surface area contributed by atoms with Crippen molar-refractivity contribution in [2.45, 2.75) is 38.8 Å². The van der Waals surface area contributed by atoms with E-state index in [2.05, 4.69) is 32.1 Å². The van der Waals surface area contributed by atoms with Gasteiger partial charge in [-0.15, -0.1) is 11.3 Å². The minimum absolute atomic E-state index is 0.0639. The van der Waals surface area contributed by atoms with E-state index in [9.17, 15) is 0 Å². The molecule has 1 N–H and O–H groups in total. The second-order valence-electron chi connectivity index (χ2n) is 7.20. The van der Waals surface area contributed by atoms with Crippen LogP contribution in [0.15, 0.2) is 17.9 Å². The van der Waals surface area contributed by atoms with E-state index in [-0.39, 0.29) is 5.60 Å². The maximum Gasteiger partial charge on any atom is 0.222 e. The van der Waals surface area contributed by atoms with Crippen LogP contribution in [0.1, 0.15) is 29.0 Å². The van der Waals surface area contributed by atoms with Crippen LogP contribution in [0.4, 0.5) is 5.95 Å². The summed E-state index contributed by atoms with van der Waals surface area (Å²) in [6, 6.07) is 0. The van der Waals surface area contributed by atoms with Crippen LogP contribution in [-0.2, 0) is 11.3 Å². The largest absolute Gasteiger partial charge is 0.372 e. The number of hydrogen-bond donors (Lipinski definition) is 1. The molecule has 2 aromatic rings. The van der Waals surface area contributed by atoms with Crippen molar-refractivity contribution in [2.24, 2.45) is 5.92 Å². The van der Waals surface area contributed by atoms with E-state index in [1.54, 1.807) is 11.3 Å². The zero-order chi connectivity index (χ0) is 17.3. The van der Waals surface area contributed by atoms with E-state index in [1.165, 1.54) is 4.88 Å². The van der Waals surface area contributed by atoms with Crippen molar-refractivity contribution in [3.8, 4) is 0 Å². The standard InChI is InChI=1S/C18H25N5OS/c1-13-7-20-17(21-8-13)19-5-3-15-4-6-24-18(15)10-23(11-18)9-16-14(2)22-12-25-16/h7-8,12,15H,3-6,9-11H2,1-2H3,(H,19,20,21). The molecule has 2 saturated heterocycles. The highest BCUT2D eigenvalue weighted by molar-refractivity contribution is 7.09. The fraction of sp³-hybridized carbons (Fsp3) is 0.611. The third kappa shape index (κ3) is 3.54. The van der Waals surface area contributed by atoms with Crippen LogP contribution in [0, 0.1) is 19.8 Å². The number of anilines is 1. The van der Waals surface area contributed by atoms with Crippen LogP contribution in [-0.4, -0.2) is 51.7 Å². The van der Waals surface area contributed by atoms with Crippen molar-refractivity contribution in [1.82, 2.24) is 19.9 Å². The van der Waals surface area contributed by atoms with Gasteiger partial charge < -0.3 is 10.1 Å². The maximum absolute atomic E-state index is 6.17. The predicted molar refractivity (Wildman–Crippen MR) is 98.8 cm³/mol. The molecule has 0 radical (unpaired) electrons. The van der Waals surface area contributed by atoms with Gasteiger partial charge in [0.05, 0.1) is 16.8 Å². The number of hydrogen-bond acceptors (Lipinski definition) is 7. The molecule has 0 bridgehead atoms. The number of nitrogens with one attached hydrogen (secondary N) is 1. The van der Waals surface area contributed by atoms with Crippen LogP contribution in [0.3, 0.4) is 0 Å². The average Bonchev–Trinajstić information content (AvgIpc) is 3.16. The van der Waals surface area contributed by atoms with Crippen LogP contribution in [0.5, 0.6) is 0 Å². The topological polar surface area (TPSA) is 63.2 Å². The van der Waals surface area contributed by atoms with Gasteiger partial charge in [0, 0.05) is 50.1 Å². The summed E-state index contributed by atoms with van der Waals surface area (Å²) in [5, 5.41) is 3.34. The van der Waals surface area contributed by atoms with E-state index in [0.29, 0.717) is 5.92 Å². The lowest BCUT2D eigenvalue weighted by molar-refractivity contribution is -0.136. The van der Waals surface area contributed by atoms with Crippen LogP contribution in [0.2, 0.25) is 0 Å². The highest BCUT2D eigenvalue weighted by Crippen LogP contribution is 2.42. The van der Waals surface area contributed by atoms with Crippen molar-refractivity contribution < 1.29 is 4.74 Å². The molecule has 0 amide bonds. The first kappa shape index (κ1) is 16.9. The number of aryl methyl sites for hydroxylation is 2. The summed E-state index contributed by atoms with van der Waals surface area (Å²) in [7, 11) is 0. The molecule has 0 aliphatic carbocycles. The summed E-state index contributed by atoms with van der Waals surface area (Å²) >= 11 is 1.75. The van der Waals surface area contributed by atoms with Gasteiger partial charge in [-0.2, -0.15) is 0 Å². The van der Waals surface area contributed by atoms with Gasteiger partial charge in [-0.25, -0.2) is 15.0 Å². The summed E-state index contributed by atoms with van der Waals surface area (Å²) in [5.41, 5.74) is 4.25. The zero-order valence-electron chi connectivity index (χ0n) is 14.9.